The topological polar surface area (TPSA) is 41.5 Å². The summed E-state index contributed by atoms with van der Waals surface area (Å²) < 4.78 is 0. The second-order valence-electron chi connectivity index (χ2n) is 7.77. The first kappa shape index (κ1) is 22.8. The van der Waals surface area contributed by atoms with Crippen molar-refractivity contribution in [1.29, 1.82) is 0 Å². The zero-order valence-corrected chi connectivity index (χ0v) is 19.6. The number of aryl methyl sites for hydroxylation is 1. The van der Waals surface area contributed by atoms with Crippen LogP contribution in [-0.2, 0) is 6.42 Å². The van der Waals surface area contributed by atoms with Gasteiger partial charge in [0, 0.05) is 27.6 Å². The van der Waals surface area contributed by atoms with Gasteiger partial charge in [0.05, 0.1) is 11.9 Å². The maximum atomic E-state index is 12.7. The molecule has 0 heterocycles. The highest BCUT2D eigenvalue weighted by Crippen LogP contribution is 2.31. The molecule has 0 bridgehead atoms. The van der Waals surface area contributed by atoms with Crippen LogP contribution < -0.4 is 5.43 Å². The van der Waals surface area contributed by atoms with Crippen LogP contribution in [0.3, 0.4) is 0 Å². The largest absolute Gasteiger partial charge is 0.289 e. The van der Waals surface area contributed by atoms with Crippen LogP contribution >= 0.6 is 23.2 Å². The first-order chi connectivity index (χ1) is 16.0. The molecule has 0 aliphatic carbocycles. The van der Waals surface area contributed by atoms with Crippen molar-refractivity contribution in [2.75, 3.05) is 5.43 Å². The van der Waals surface area contributed by atoms with E-state index in [9.17, 15) is 4.79 Å². The molecule has 0 amide bonds. The number of hydrogen-bond donors (Lipinski definition) is 1. The van der Waals surface area contributed by atoms with E-state index in [1.807, 2.05) is 85.8 Å². The Morgan fingerprint density at radius 3 is 2.03 bits per heavy atom. The van der Waals surface area contributed by atoms with Crippen molar-refractivity contribution in [1.82, 2.24) is 0 Å². The van der Waals surface area contributed by atoms with Crippen LogP contribution in [0.25, 0.3) is 0 Å². The molecule has 0 atom stereocenters. The molecule has 33 heavy (non-hydrogen) atoms. The molecule has 0 spiro atoms. The lowest BCUT2D eigenvalue weighted by molar-refractivity contribution is 0.103. The molecule has 3 nitrogen and oxygen atoms in total. The van der Waals surface area contributed by atoms with Gasteiger partial charge in [0.15, 0.2) is 5.78 Å². The molecule has 0 saturated carbocycles. The summed E-state index contributed by atoms with van der Waals surface area (Å²) in [6.45, 7) is 2.00. The molecule has 5 heteroatoms. The Kier molecular flexibility index (Phi) is 7.23. The van der Waals surface area contributed by atoms with Crippen LogP contribution in [0.5, 0.6) is 0 Å². The Balaban J connectivity index is 1.44. The van der Waals surface area contributed by atoms with Crippen LogP contribution in [0.15, 0.2) is 96.1 Å². The standard InChI is InChI=1S/C28H22Cl2N2O/c1-19-7-11-22(12-8-19)28(33)23-13-9-20(10-14-23)15-25-26(29)16-24(17-27(25)30)32-31-18-21-5-3-2-4-6-21/h2-14,16-18,32H,15H2,1H3. The third-order valence-corrected chi connectivity index (χ3v) is 5.93. The molecule has 0 saturated heterocycles. The van der Waals surface area contributed by atoms with E-state index in [2.05, 4.69) is 10.5 Å². The molecule has 4 aromatic carbocycles. The Labute approximate surface area is 203 Å². The highest BCUT2D eigenvalue weighted by Gasteiger charge is 2.12. The lowest BCUT2D eigenvalue weighted by Gasteiger charge is -2.11. The van der Waals surface area contributed by atoms with E-state index in [0.717, 1.165) is 22.3 Å². The minimum atomic E-state index is 0.00380. The van der Waals surface area contributed by atoms with Crippen LogP contribution in [0.2, 0.25) is 10.0 Å². The number of carbonyl (C=O) groups excluding carboxylic acids is 1. The van der Waals surface area contributed by atoms with E-state index in [4.69, 9.17) is 23.2 Å². The van der Waals surface area contributed by atoms with Gasteiger partial charge in [-0.05, 0) is 35.7 Å². The Bertz CT molecular complexity index is 1260. The lowest BCUT2D eigenvalue weighted by Crippen LogP contribution is -2.01. The van der Waals surface area contributed by atoms with Crippen LogP contribution in [0, 0.1) is 6.92 Å². The number of hydrogen-bond acceptors (Lipinski definition) is 3. The second-order valence-corrected chi connectivity index (χ2v) is 8.58. The van der Waals surface area contributed by atoms with Crippen molar-refractivity contribution < 1.29 is 4.79 Å². The van der Waals surface area contributed by atoms with Crippen molar-refractivity contribution in [2.45, 2.75) is 13.3 Å². The summed E-state index contributed by atoms with van der Waals surface area (Å²) in [6.07, 6.45) is 2.29. The van der Waals surface area contributed by atoms with Gasteiger partial charge < -0.3 is 0 Å². The predicted octanol–water partition coefficient (Wildman–Crippen LogP) is 7.57. The number of benzene rings is 4. The van der Waals surface area contributed by atoms with Gasteiger partial charge >= 0.3 is 0 Å². The molecule has 0 aromatic heterocycles. The van der Waals surface area contributed by atoms with Gasteiger partial charge in [-0.2, -0.15) is 5.10 Å². The molecule has 0 unspecified atom stereocenters. The SMILES string of the molecule is Cc1ccc(C(=O)c2ccc(Cc3c(Cl)cc(NN=Cc4ccccc4)cc3Cl)cc2)cc1. The van der Waals surface area contributed by atoms with Gasteiger partial charge in [0.25, 0.3) is 0 Å². The molecule has 0 fully saturated rings. The molecule has 0 aliphatic heterocycles. The molecule has 164 valence electrons. The molecule has 1 N–H and O–H groups in total. The van der Waals surface area contributed by atoms with E-state index in [-0.39, 0.29) is 5.78 Å². The van der Waals surface area contributed by atoms with E-state index in [0.29, 0.717) is 33.3 Å². The number of anilines is 1. The Hall–Kier alpha value is -3.40. The fourth-order valence-electron chi connectivity index (χ4n) is 3.41. The number of rotatable bonds is 7. The van der Waals surface area contributed by atoms with E-state index < -0.39 is 0 Å². The van der Waals surface area contributed by atoms with Gasteiger partial charge in [0.1, 0.15) is 0 Å². The van der Waals surface area contributed by atoms with E-state index in [1.54, 1.807) is 18.3 Å². The summed E-state index contributed by atoms with van der Waals surface area (Å²) in [7, 11) is 0. The fraction of sp³-hybridized carbons (Fsp3) is 0.0714. The van der Waals surface area contributed by atoms with Crippen molar-refractivity contribution in [3.8, 4) is 0 Å². The Morgan fingerprint density at radius 2 is 1.42 bits per heavy atom. The number of ketones is 1. The zero-order valence-electron chi connectivity index (χ0n) is 18.1. The highest BCUT2D eigenvalue weighted by molar-refractivity contribution is 6.36. The van der Waals surface area contributed by atoms with Gasteiger partial charge in [-0.1, -0.05) is 108 Å². The monoisotopic (exact) mass is 472 g/mol. The molecular weight excluding hydrogens is 451 g/mol. The number of halogens is 2. The molecule has 4 aromatic rings. The maximum absolute atomic E-state index is 12.7. The molecule has 4 rings (SSSR count). The first-order valence-electron chi connectivity index (χ1n) is 10.5. The number of hydrazone groups is 1. The quantitative estimate of drug-likeness (QED) is 0.171. The summed E-state index contributed by atoms with van der Waals surface area (Å²) in [6, 6.07) is 28.5. The number of carbonyl (C=O) groups is 1. The Morgan fingerprint density at radius 1 is 0.848 bits per heavy atom. The number of nitrogens with zero attached hydrogens (tertiary/aromatic N) is 1. The number of nitrogens with one attached hydrogen (secondary N) is 1. The maximum Gasteiger partial charge on any atom is 0.193 e. The summed E-state index contributed by atoms with van der Waals surface area (Å²) in [4.78, 5) is 12.7. The summed E-state index contributed by atoms with van der Waals surface area (Å²) in [5.41, 5.74) is 8.96. The first-order valence-corrected chi connectivity index (χ1v) is 11.3. The van der Waals surface area contributed by atoms with Gasteiger partial charge in [-0.25, -0.2) is 0 Å². The minimum absolute atomic E-state index is 0.00380. The van der Waals surface area contributed by atoms with E-state index in [1.165, 1.54) is 0 Å². The van der Waals surface area contributed by atoms with Crippen LogP contribution in [0.4, 0.5) is 5.69 Å². The summed E-state index contributed by atoms with van der Waals surface area (Å²) in [5, 5.41) is 5.35. The van der Waals surface area contributed by atoms with Crippen molar-refractivity contribution >= 4 is 40.9 Å². The zero-order chi connectivity index (χ0) is 23.2. The lowest BCUT2D eigenvalue weighted by atomic mass is 9.99. The smallest absolute Gasteiger partial charge is 0.193 e. The fourth-order valence-corrected chi connectivity index (χ4v) is 4.03. The van der Waals surface area contributed by atoms with Crippen LogP contribution in [0.1, 0.15) is 38.2 Å². The van der Waals surface area contributed by atoms with Crippen LogP contribution in [-0.4, -0.2) is 12.0 Å². The van der Waals surface area contributed by atoms with Gasteiger partial charge in [-0.15, -0.1) is 0 Å². The molecule has 0 aliphatic rings. The molecule has 0 radical (unpaired) electrons. The highest BCUT2D eigenvalue weighted by atomic mass is 35.5. The second kappa shape index (κ2) is 10.5. The normalized spacial score (nSPS) is 11.0. The third-order valence-electron chi connectivity index (χ3n) is 5.26. The van der Waals surface area contributed by atoms with Crippen molar-refractivity contribution in [3.05, 3.63) is 134 Å². The third kappa shape index (κ3) is 5.89. The van der Waals surface area contributed by atoms with E-state index >= 15 is 0 Å². The average molecular weight is 473 g/mol. The predicted molar refractivity (Wildman–Crippen MR) is 138 cm³/mol. The summed E-state index contributed by atoms with van der Waals surface area (Å²) >= 11 is 13.0. The van der Waals surface area contributed by atoms with Gasteiger partial charge in [0.2, 0.25) is 0 Å². The van der Waals surface area contributed by atoms with Crippen molar-refractivity contribution in [2.24, 2.45) is 5.10 Å². The minimum Gasteiger partial charge on any atom is -0.289 e. The molecular formula is C28H22Cl2N2O. The van der Waals surface area contributed by atoms with Crippen molar-refractivity contribution in [3.63, 3.8) is 0 Å². The van der Waals surface area contributed by atoms with Gasteiger partial charge in [-0.3, -0.25) is 10.2 Å². The summed E-state index contributed by atoms with van der Waals surface area (Å²) in [5.74, 6) is 0.00380. The average Bonchev–Trinajstić information content (AvgIpc) is 2.83.